The van der Waals surface area contributed by atoms with Crippen molar-refractivity contribution in [1.29, 1.82) is 0 Å². The Balaban J connectivity index is 1.28. The number of anilines is 2. The molecule has 0 spiro atoms. The van der Waals surface area contributed by atoms with Gasteiger partial charge in [-0.3, -0.25) is 0 Å². The predicted molar refractivity (Wildman–Crippen MR) is 105 cm³/mol. The van der Waals surface area contributed by atoms with Crippen LogP contribution in [-0.4, -0.2) is 62.6 Å². The number of benzene rings is 1. The van der Waals surface area contributed by atoms with Gasteiger partial charge in [0.1, 0.15) is 5.82 Å². The first kappa shape index (κ1) is 19.0. The van der Waals surface area contributed by atoms with E-state index in [-0.39, 0.29) is 5.82 Å². The SMILES string of the molecule is Fc1cc(CNCc2cnc(N3CCOCC3)nc2)ccc1N1CCOCC1. The van der Waals surface area contributed by atoms with Crippen molar-refractivity contribution in [3.05, 3.63) is 47.5 Å². The molecule has 0 radical (unpaired) electrons. The topological polar surface area (TPSA) is 62.8 Å². The average Bonchev–Trinajstić information content (AvgIpc) is 2.76. The van der Waals surface area contributed by atoms with Crippen LogP contribution in [0.3, 0.4) is 0 Å². The number of aromatic nitrogens is 2. The summed E-state index contributed by atoms with van der Waals surface area (Å²) >= 11 is 0. The summed E-state index contributed by atoms with van der Waals surface area (Å²) < 4.78 is 25.1. The number of hydrogen-bond acceptors (Lipinski definition) is 7. The van der Waals surface area contributed by atoms with Crippen molar-refractivity contribution < 1.29 is 13.9 Å². The molecule has 0 saturated carbocycles. The molecule has 0 bridgehead atoms. The van der Waals surface area contributed by atoms with Crippen molar-refractivity contribution in [2.24, 2.45) is 0 Å². The molecular weight excluding hydrogens is 361 g/mol. The first-order valence-electron chi connectivity index (χ1n) is 9.75. The van der Waals surface area contributed by atoms with Crippen molar-refractivity contribution in [2.45, 2.75) is 13.1 Å². The smallest absolute Gasteiger partial charge is 0.225 e. The first-order chi connectivity index (χ1) is 13.8. The van der Waals surface area contributed by atoms with Crippen LogP contribution in [0.5, 0.6) is 0 Å². The Morgan fingerprint density at radius 3 is 2.11 bits per heavy atom. The van der Waals surface area contributed by atoms with E-state index >= 15 is 0 Å². The maximum atomic E-state index is 14.5. The second kappa shape index (κ2) is 9.27. The lowest BCUT2D eigenvalue weighted by Crippen LogP contribution is -2.37. The molecule has 3 heterocycles. The third-order valence-electron chi connectivity index (χ3n) is 5.01. The Bertz CT molecular complexity index is 762. The van der Waals surface area contributed by atoms with Crippen LogP contribution < -0.4 is 15.1 Å². The maximum absolute atomic E-state index is 14.5. The van der Waals surface area contributed by atoms with Gasteiger partial charge in [-0.1, -0.05) is 6.07 Å². The highest BCUT2D eigenvalue weighted by atomic mass is 19.1. The zero-order chi connectivity index (χ0) is 19.2. The van der Waals surface area contributed by atoms with Crippen molar-refractivity contribution >= 4 is 11.6 Å². The summed E-state index contributed by atoms with van der Waals surface area (Å²) in [5.74, 6) is 0.562. The van der Waals surface area contributed by atoms with Gasteiger partial charge in [0.25, 0.3) is 0 Å². The summed E-state index contributed by atoms with van der Waals surface area (Å²) in [5, 5.41) is 3.33. The largest absolute Gasteiger partial charge is 0.378 e. The lowest BCUT2D eigenvalue weighted by atomic mass is 10.1. The second-order valence-electron chi connectivity index (χ2n) is 6.98. The molecule has 2 aliphatic heterocycles. The van der Waals surface area contributed by atoms with Gasteiger partial charge in [-0.05, 0) is 17.7 Å². The van der Waals surface area contributed by atoms with Gasteiger partial charge in [0.05, 0.1) is 32.1 Å². The standard InChI is InChI=1S/C20H26FN5O2/c21-18-11-16(1-2-19(18)25-3-7-27-8-4-25)12-22-13-17-14-23-20(24-15-17)26-5-9-28-10-6-26/h1-2,11,14-15,22H,3-10,12-13H2. The molecule has 28 heavy (non-hydrogen) atoms. The van der Waals surface area contributed by atoms with Crippen LogP contribution in [0, 0.1) is 5.82 Å². The van der Waals surface area contributed by atoms with E-state index in [0.717, 1.165) is 43.3 Å². The van der Waals surface area contributed by atoms with Gasteiger partial charge in [0.15, 0.2) is 0 Å². The lowest BCUT2D eigenvalue weighted by Gasteiger charge is -2.29. The molecule has 0 unspecified atom stereocenters. The van der Waals surface area contributed by atoms with Crippen LogP contribution >= 0.6 is 0 Å². The molecule has 4 rings (SSSR count). The van der Waals surface area contributed by atoms with E-state index in [4.69, 9.17) is 9.47 Å². The summed E-state index contributed by atoms with van der Waals surface area (Å²) in [5.41, 5.74) is 2.57. The molecule has 1 N–H and O–H groups in total. The molecule has 0 atom stereocenters. The molecule has 0 aliphatic carbocycles. The van der Waals surface area contributed by atoms with E-state index in [1.807, 2.05) is 29.4 Å². The quantitative estimate of drug-likeness (QED) is 0.807. The fourth-order valence-electron chi connectivity index (χ4n) is 3.44. The normalized spacial score (nSPS) is 17.8. The third-order valence-corrected chi connectivity index (χ3v) is 5.01. The Kier molecular flexibility index (Phi) is 6.31. The van der Waals surface area contributed by atoms with Crippen LogP contribution in [-0.2, 0) is 22.6 Å². The zero-order valence-corrected chi connectivity index (χ0v) is 15.9. The summed E-state index contributed by atoms with van der Waals surface area (Å²) in [6.07, 6.45) is 3.68. The minimum atomic E-state index is -0.181. The van der Waals surface area contributed by atoms with E-state index in [1.165, 1.54) is 0 Å². The summed E-state index contributed by atoms with van der Waals surface area (Å²) in [6, 6.07) is 5.44. The number of hydrogen-bond donors (Lipinski definition) is 1. The Labute approximate surface area is 164 Å². The molecule has 1 aromatic carbocycles. The van der Waals surface area contributed by atoms with Crippen LogP contribution in [0.1, 0.15) is 11.1 Å². The van der Waals surface area contributed by atoms with Gasteiger partial charge in [-0.25, -0.2) is 14.4 Å². The third kappa shape index (κ3) is 4.76. The van der Waals surface area contributed by atoms with Crippen LogP contribution in [0.15, 0.2) is 30.6 Å². The van der Waals surface area contributed by atoms with Crippen molar-refractivity contribution in [3.63, 3.8) is 0 Å². The minimum Gasteiger partial charge on any atom is -0.378 e. The summed E-state index contributed by atoms with van der Waals surface area (Å²) in [6.45, 7) is 7.06. The van der Waals surface area contributed by atoms with Gasteiger partial charge in [-0.15, -0.1) is 0 Å². The van der Waals surface area contributed by atoms with Crippen LogP contribution in [0.25, 0.3) is 0 Å². The molecular formula is C20H26FN5O2. The van der Waals surface area contributed by atoms with E-state index in [1.54, 1.807) is 6.07 Å². The van der Waals surface area contributed by atoms with Crippen molar-refractivity contribution in [1.82, 2.24) is 15.3 Å². The fraction of sp³-hybridized carbons (Fsp3) is 0.500. The molecule has 1 aromatic heterocycles. The van der Waals surface area contributed by atoms with E-state index in [2.05, 4.69) is 20.2 Å². The Hall–Kier alpha value is -2.29. The second-order valence-corrected chi connectivity index (χ2v) is 6.98. The van der Waals surface area contributed by atoms with Crippen molar-refractivity contribution in [2.75, 3.05) is 62.4 Å². The Morgan fingerprint density at radius 1 is 0.857 bits per heavy atom. The van der Waals surface area contributed by atoms with Crippen LogP contribution in [0.4, 0.5) is 16.0 Å². The number of rotatable bonds is 6. The highest BCUT2D eigenvalue weighted by molar-refractivity contribution is 5.49. The van der Waals surface area contributed by atoms with Gasteiger partial charge in [0.2, 0.25) is 5.95 Å². The maximum Gasteiger partial charge on any atom is 0.225 e. The highest BCUT2D eigenvalue weighted by Gasteiger charge is 2.15. The molecule has 8 heteroatoms. The lowest BCUT2D eigenvalue weighted by molar-refractivity contribution is 0.122. The molecule has 2 saturated heterocycles. The van der Waals surface area contributed by atoms with Gasteiger partial charge < -0.3 is 24.6 Å². The molecule has 0 amide bonds. The van der Waals surface area contributed by atoms with E-state index in [9.17, 15) is 4.39 Å². The minimum absolute atomic E-state index is 0.181. The van der Waals surface area contributed by atoms with Gasteiger partial charge >= 0.3 is 0 Å². The fourth-order valence-corrected chi connectivity index (χ4v) is 3.44. The number of halogens is 1. The summed E-state index contributed by atoms with van der Waals surface area (Å²) in [4.78, 5) is 13.1. The average molecular weight is 387 g/mol. The molecule has 150 valence electrons. The number of nitrogens with zero attached hydrogens (tertiary/aromatic N) is 4. The monoisotopic (exact) mass is 387 g/mol. The molecule has 2 aromatic rings. The van der Waals surface area contributed by atoms with Gasteiger partial charge in [0, 0.05) is 57.2 Å². The molecule has 2 fully saturated rings. The molecule has 2 aliphatic rings. The van der Waals surface area contributed by atoms with Crippen LogP contribution in [0.2, 0.25) is 0 Å². The van der Waals surface area contributed by atoms with Gasteiger partial charge in [-0.2, -0.15) is 0 Å². The molecule has 7 nitrogen and oxygen atoms in total. The van der Waals surface area contributed by atoms with E-state index in [0.29, 0.717) is 45.2 Å². The summed E-state index contributed by atoms with van der Waals surface area (Å²) in [7, 11) is 0. The van der Waals surface area contributed by atoms with Crippen molar-refractivity contribution in [3.8, 4) is 0 Å². The number of morpholine rings is 2. The predicted octanol–water partition coefficient (Wildman–Crippen LogP) is 1.58. The zero-order valence-electron chi connectivity index (χ0n) is 15.9. The van der Waals surface area contributed by atoms with E-state index < -0.39 is 0 Å². The number of ether oxygens (including phenoxy) is 2. The number of nitrogens with one attached hydrogen (secondary N) is 1. The first-order valence-corrected chi connectivity index (χ1v) is 9.75. The Morgan fingerprint density at radius 2 is 1.46 bits per heavy atom. The highest BCUT2D eigenvalue weighted by Crippen LogP contribution is 2.21.